The normalized spacial score (nSPS) is 28.4. The van der Waals surface area contributed by atoms with Crippen LogP contribution in [0.25, 0.3) is 0 Å². The molecule has 1 aliphatic heterocycles. The SMILES string of the molecule is CCC(=O)[C@@H]1CCSC(C)(C)C1. The second-order valence-electron chi connectivity index (χ2n) is 4.12. The molecule has 0 saturated carbocycles. The minimum atomic E-state index is 0.327. The number of hydrogen-bond acceptors (Lipinski definition) is 2. The van der Waals surface area contributed by atoms with Crippen molar-refractivity contribution < 1.29 is 4.79 Å². The van der Waals surface area contributed by atoms with Crippen LogP contribution in [0.4, 0.5) is 0 Å². The third-order valence-corrected chi connectivity index (χ3v) is 3.89. The van der Waals surface area contributed by atoms with Crippen LogP contribution in [0, 0.1) is 5.92 Å². The Labute approximate surface area is 79.3 Å². The number of hydrogen-bond donors (Lipinski definition) is 0. The molecule has 2 heteroatoms. The van der Waals surface area contributed by atoms with E-state index >= 15 is 0 Å². The predicted molar refractivity (Wildman–Crippen MR) is 54.6 cm³/mol. The summed E-state index contributed by atoms with van der Waals surface area (Å²) in [6.07, 6.45) is 2.89. The smallest absolute Gasteiger partial charge is 0.135 e. The average Bonchev–Trinajstić information content (AvgIpc) is 2.01. The molecule has 0 radical (unpaired) electrons. The van der Waals surface area contributed by atoms with Crippen LogP contribution in [0.3, 0.4) is 0 Å². The van der Waals surface area contributed by atoms with Gasteiger partial charge in [-0.25, -0.2) is 0 Å². The lowest BCUT2D eigenvalue weighted by Crippen LogP contribution is -2.30. The van der Waals surface area contributed by atoms with E-state index in [0.29, 0.717) is 22.9 Å². The van der Waals surface area contributed by atoms with Gasteiger partial charge in [0.15, 0.2) is 0 Å². The Bertz CT molecular complexity index is 175. The Kier molecular flexibility index (Phi) is 3.22. The first-order chi connectivity index (χ1) is 5.55. The molecule has 0 unspecified atom stereocenters. The van der Waals surface area contributed by atoms with Crippen LogP contribution in [0.15, 0.2) is 0 Å². The maximum absolute atomic E-state index is 11.4. The van der Waals surface area contributed by atoms with E-state index in [1.54, 1.807) is 0 Å². The summed E-state index contributed by atoms with van der Waals surface area (Å²) in [5.74, 6) is 1.97. The Morgan fingerprint density at radius 2 is 2.25 bits per heavy atom. The lowest BCUT2D eigenvalue weighted by molar-refractivity contribution is -0.123. The van der Waals surface area contributed by atoms with Gasteiger partial charge in [0.1, 0.15) is 5.78 Å². The van der Waals surface area contributed by atoms with E-state index in [4.69, 9.17) is 0 Å². The molecule has 0 amide bonds. The minimum absolute atomic E-state index is 0.327. The molecule has 1 rings (SSSR count). The summed E-state index contributed by atoms with van der Waals surface area (Å²) in [5.41, 5.74) is 0. The number of ketones is 1. The zero-order valence-corrected chi connectivity index (χ0v) is 9.04. The Morgan fingerprint density at radius 3 is 2.75 bits per heavy atom. The van der Waals surface area contributed by atoms with Gasteiger partial charge in [-0.05, 0) is 18.6 Å². The summed E-state index contributed by atoms with van der Waals surface area (Å²) in [6, 6.07) is 0. The first-order valence-electron chi connectivity index (χ1n) is 4.72. The number of carbonyl (C=O) groups excluding carboxylic acids is 1. The Hall–Kier alpha value is 0.0200. The second-order valence-corrected chi connectivity index (χ2v) is 5.92. The first-order valence-corrected chi connectivity index (χ1v) is 5.70. The summed E-state index contributed by atoms with van der Waals surface area (Å²) in [4.78, 5) is 11.4. The van der Waals surface area contributed by atoms with Gasteiger partial charge >= 0.3 is 0 Å². The molecule has 1 aliphatic rings. The lowest BCUT2D eigenvalue weighted by atomic mass is 9.89. The zero-order valence-electron chi connectivity index (χ0n) is 8.22. The second kappa shape index (κ2) is 3.82. The highest BCUT2D eigenvalue weighted by atomic mass is 32.2. The highest BCUT2D eigenvalue weighted by Crippen LogP contribution is 2.39. The van der Waals surface area contributed by atoms with Gasteiger partial charge in [0.2, 0.25) is 0 Å². The number of rotatable bonds is 2. The summed E-state index contributed by atoms with van der Waals surface area (Å²) in [5, 5.41) is 0. The number of thioether (sulfide) groups is 1. The van der Waals surface area contributed by atoms with Gasteiger partial charge in [-0.15, -0.1) is 0 Å². The van der Waals surface area contributed by atoms with Crippen LogP contribution >= 0.6 is 11.8 Å². The maximum Gasteiger partial charge on any atom is 0.135 e. The molecule has 1 fully saturated rings. The quantitative estimate of drug-likeness (QED) is 0.659. The Balaban J connectivity index is 2.52. The topological polar surface area (TPSA) is 17.1 Å². The van der Waals surface area contributed by atoms with E-state index in [-0.39, 0.29) is 0 Å². The summed E-state index contributed by atoms with van der Waals surface area (Å²) < 4.78 is 0.327. The summed E-state index contributed by atoms with van der Waals surface area (Å²) in [7, 11) is 0. The molecular weight excluding hydrogens is 168 g/mol. The van der Waals surface area contributed by atoms with Crippen molar-refractivity contribution in [3.8, 4) is 0 Å². The molecule has 12 heavy (non-hydrogen) atoms. The van der Waals surface area contributed by atoms with Gasteiger partial charge in [0, 0.05) is 17.1 Å². The van der Waals surface area contributed by atoms with Gasteiger partial charge in [-0.1, -0.05) is 20.8 Å². The van der Waals surface area contributed by atoms with Crippen molar-refractivity contribution >= 4 is 17.5 Å². The molecular formula is C10H18OS. The summed E-state index contributed by atoms with van der Waals surface area (Å²) in [6.45, 7) is 6.45. The van der Waals surface area contributed by atoms with Crippen LogP contribution in [0.1, 0.15) is 40.0 Å². The van der Waals surface area contributed by atoms with Crippen molar-refractivity contribution in [3.05, 3.63) is 0 Å². The van der Waals surface area contributed by atoms with Gasteiger partial charge in [-0.2, -0.15) is 11.8 Å². The maximum atomic E-state index is 11.4. The molecule has 1 heterocycles. The van der Waals surface area contributed by atoms with E-state index in [1.807, 2.05) is 18.7 Å². The molecule has 0 aromatic carbocycles. The standard InChI is InChI=1S/C10H18OS/c1-4-9(11)8-5-6-12-10(2,3)7-8/h8H,4-7H2,1-3H3/t8-/m1/s1. The molecule has 1 nitrogen and oxygen atoms in total. The van der Waals surface area contributed by atoms with Crippen LogP contribution < -0.4 is 0 Å². The van der Waals surface area contributed by atoms with Crippen LogP contribution in [-0.2, 0) is 4.79 Å². The molecule has 0 N–H and O–H groups in total. The zero-order chi connectivity index (χ0) is 9.19. The molecule has 1 atom stereocenters. The fraction of sp³-hybridized carbons (Fsp3) is 0.900. The fourth-order valence-corrected chi connectivity index (χ4v) is 3.07. The molecule has 0 aliphatic carbocycles. The third-order valence-electron chi connectivity index (χ3n) is 2.50. The van der Waals surface area contributed by atoms with Gasteiger partial charge in [0.25, 0.3) is 0 Å². The predicted octanol–water partition coefficient (Wildman–Crippen LogP) is 2.89. The van der Waals surface area contributed by atoms with Crippen LogP contribution in [-0.4, -0.2) is 16.3 Å². The van der Waals surface area contributed by atoms with Crippen molar-refractivity contribution in [2.45, 2.75) is 44.8 Å². The third kappa shape index (κ3) is 2.51. The van der Waals surface area contributed by atoms with Crippen molar-refractivity contribution in [2.75, 3.05) is 5.75 Å². The highest BCUT2D eigenvalue weighted by Gasteiger charge is 2.31. The fourth-order valence-electron chi connectivity index (χ4n) is 1.80. The van der Waals surface area contributed by atoms with Crippen LogP contribution in [0.5, 0.6) is 0 Å². The Morgan fingerprint density at radius 1 is 1.58 bits per heavy atom. The minimum Gasteiger partial charge on any atom is -0.299 e. The highest BCUT2D eigenvalue weighted by molar-refractivity contribution is 8.00. The molecule has 1 saturated heterocycles. The van der Waals surface area contributed by atoms with Crippen molar-refractivity contribution in [1.29, 1.82) is 0 Å². The van der Waals surface area contributed by atoms with Crippen LogP contribution in [0.2, 0.25) is 0 Å². The molecule has 0 spiro atoms. The van der Waals surface area contributed by atoms with Crippen molar-refractivity contribution in [1.82, 2.24) is 0 Å². The van der Waals surface area contributed by atoms with Gasteiger partial charge in [-0.3, -0.25) is 4.79 Å². The van der Waals surface area contributed by atoms with Crippen molar-refractivity contribution in [2.24, 2.45) is 5.92 Å². The number of Topliss-reactive ketones (excluding diaryl/α,β-unsaturated/α-hetero) is 1. The van der Waals surface area contributed by atoms with E-state index in [1.165, 1.54) is 0 Å². The molecule has 0 aromatic heterocycles. The molecule has 0 bridgehead atoms. The average molecular weight is 186 g/mol. The van der Waals surface area contributed by atoms with Gasteiger partial charge in [0.05, 0.1) is 0 Å². The molecule has 0 aromatic rings. The van der Waals surface area contributed by atoms with Gasteiger partial charge < -0.3 is 0 Å². The largest absolute Gasteiger partial charge is 0.299 e. The van der Waals surface area contributed by atoms with E-state index in [0.717, 1.165) is 18.6 Å². The monoisotopic (exact) mass is 186 g/mol. The number of carbonyl (C=O) groups is 1. The van der Waals surface area contributed by atoms with E-state index in [9.17, 15) is 4.79 Å². The van der Waals surface area contributed by atoms with E-state index in [2.05, 4.69) is 13.8 Å². The molecule has 70 valence electrons. The van der Waals surface area contributed by atoms with Crippen molar-refractivity contribution in [3.63, 3.8) is 0 Å². The van der Waals surface area contributed by atoms with E-state index < -0.39 is 0 Å². The summed E-state index contributed by atoms with van der Waals surface area (Å²) >= 11 is 2.00. The first kappa shape index (κ1) is 10.1. The lowest BCUT2D eigenvalue weighted by Gasteiger charge is -2.33.